The Labute approximate surface area is 102 Å². The highest BCUT2D eigenvalue weighted by Crippen LogP contribution is 2.32. The lowest BCUT2D eigenvalue weighted by molar-refractivity contribution is 0.136. The van der Waals surface area contributed by atoms with E-state index in [9.17, 15) is 5.11 Å². The van der Waals surface area contributed by atoms with E-state index in [2.05, 4.69) is 31.2 Å². The monoisotopic (exact) mass is 236 g/mol. The second-order valence-electron chi connectivity index (χ2n) is 4.76. The number of hydrogen-bond acceptors (Lipinski definition) is 2. The van der Waals surface area contributed by atoms with Gasteiger partial charge in [-0.3, -0.25) is 0 Å². The molecule has 0 bridgehead atoms. The lowest BCUT2D eigenvalue weighted by atomic mass is 9.82. The predicted octanol–water partition coefficient (Wildman–Crippen LogP) is 3.64. The van der Waals surface area contributed by atoms with E-state index in [4.69, 9.17) is 0 Å². The second kappa shape index (κ2) is 5.74. The molecule has 0 heterocycles. The molecule has 1 atom stereocenters. The number of hydrogen-bond donors (Lipinski definition) is 1. The van der Waals surface area contributed by atoms with Crippen molar-refractivity contribution in [1.29, 1.82) is 0 Å². The largest absolute Gasteiger partial charge is 0.392 e. The molecule has 1 unspecified atom stereocenters. The molecule has 1 saturated carbocycles. The molecule has 1 aromatic rings. The molecule has 1 fully saturated rings. The summed E-state index contributed by atoms with van der Waals surface area (Å²) in [6.45, 7) is 2.13. The van der Waals surface area contributed by atoms with Crippen molar-refractivity contribution in [1.82, 2.24) is 0 Å². The maximum atomic E-state index is 9.92. The van der Waals surface area contributed by atoms with Gasteiger partial charge in [0.2, 0.25) is 0 Å². The maximum Gasteiger partial charge on any atom is 0.0636 e. The van der Waals surface area contributed by atoms with Crippen LogP contribution in [0.1, 0.15) is 31.2 Å². The molecule has 1 aliphatic rings. The Morgan fingerprint density at radius 3 is 2.75 bits per heavy atom. The van der Waals surface area contributed by atoms with E-state index < -0.39 is 0 Å². The highest BCUT2D eigenvalue weighted by Gasteiger charge is 2.20. The molecule has 2 heteroatoms. The van der Waals surface area contributed by atoms with Crippen LogP contribution in [-0.4, -0.2) is 17.0 Å². The van der Waals surface area contributed by atoms with E-state index in [0.717, 1.165) is 18.1 Å². The summed E-state index contributed by atoms with van der Waals surface area (Å²) < 4.78 is 0. The van der Waals surface area contributed by atoms with E-state index in [1.165, 1.54) is 29.7 Å². The third kappa shape index (κ3) is 3.26. The Hall–Kier alpha value is -0.470. The number of benzene rings is 1. The van der Waals surface area contributed by atoms with E-state index in [-0.39, 0.29) is 6.10 Å². The molecule has 0 radical (unpaired) electrons. The van der Waals surface area contributed by atoms with Crippen LogP contribution in [0.25, 0.3) is 0 Å². The first-order valence-corrected chi connectivity index (χ1v) is 7.11. The summed E-state index contributed by atoms with van der Waals surface area (Å²) in [7, 11) is 0. The predicted molar refractivity (Wildman–Crippen MR) is 69.9 cm³/mol. The van der Waals surface area contributed by atoms with Gasteiger partial charge in [0.05, 0.1) is 6.10 Å². The van der Waals surface area contributed by atoms with Gasteiger partial charge < -0.3 is 5.11 Å². The first-order chi connectivity index (χ1) is 7.75. The number of aryl methyl sites for hydroxylation is 1. The van der Waals surface area contributed by atoms with Gasteiger partial charge in [0, 0.05) is 10.6 Å². The highest BCUT2D eigenvalue weighted by molar-refractivity contribution is 7.99. The average molecular weight is 236 g/mol. The van der Waals surface area contributed by atoms with Crippen molar-refractivity contribution in [2.45, 2.75) is 43.6 Å². The van der Waals surface area contributed by atoms with Crippen molar-refractivity contribution in [3.05, 3.63) is 29.8 Å². The standard InChI is InChI=1S/C14H20OS/c1-11-5-2-3-8-14(11)16-10-13(15)9-12-6-4-7-12/h2-3,5,8,12-13,15H,4,6-7,9-10H2,1H3. The van der Waals surface area contributed by atoms with Gasteiger partial charge in [0.1, 0.15) is 0 Å². The molecule has 1 N–H and O–H groups in total. The van der Waals surface area contributed by atoms with Crippen LogP contribution in [0.5, 0.6) is 0 Å². The first-order valence-electron chi connectivity index (χ1n) is 6.12. The molecule has 0 amide bonds. The molecule has 1 nitrogen and oxygen atoms in total. The third-order valence-corrected chi connectivity index (χ3v) is 4.68. The Morgan fingerprint density at radius 2 is 2.12 bits per heavy atom. The van der Waals surface area contributed by atoms with Gasteiger partial charge in [0.25, 0.3) is 0 Å². The fourth-order valence-electron chi connectivity index (χ4n) is 2.09. The minimum atomic E-state index is -0.130. The quantitative estimate of drug-likeness (QED) is 0.788. The number of thioether (sulfide) groups is 1. The SMILES string of the molecule is Cc1ccccc1SCC(O)CC1CCC1. The highest BCUT2D eigenvalue weighted by atomic mass is 32.2. The van der Waals surface area contributed by atoms with Crippen molar-refractivity contribution >= 4 is 11.8 Å². The summed E-state index contributed by atoms with van der Waals surface area (Å²) in [6, 6.07) is 8.38. The summed E-state index contributed by atoms with van der Waals surface area (Å²) in [5.41, 5.74) is 1.31. The molecule has 16 heavy (non-hydrogen) atoms. The normalized spacial score (nSPS) is 18.1. The van der Waals surface area contributed by atoms with Crippen molar-refractivity contribution < 1.29 is 5.11 Å². The van der Waals surface area contributed by atoms with Gasteiger partial charge >= 0.3 is 0 Å². The minimum Gasteiger partial charge on any atom is -0.392 e. The minimum absolute atomic E-state index is 0.130. The fraction of sp³-hybridized carbons (Fsp3) is 0.571. The van der Waals surface area contributed by atoms with Crippen LogP contribution in [0.3, 0.4) is 0 Å². The first kappa shape index (κ1) is 12.0. The smallest absolute Gasteiger partial charge is 0.0636 e. The molecular formula is C14H20OS. The molecule has 1 aromatic carbocycles. The van der Waals surface area contributed by atoms with Gasteiger partial charge in [-0.1, -0.05) is 37.5 Å². The maximum absolute atomic E-state index is 9.92. The molecule has 1 aliphatic carbocycles. The van der Waals surface area contributed by atoms with E-state index in [0.29, 0.717) is 0 Å². The van der Waals surface area contributed by atoms with E-state index in [1.807, 2.05) is 0 Å². The van der Waals surface area contributed by atoms with Crippen LogP contribution < -0.4 is 0 Å². The Bertz CT molecular complexity index is 333. The van der Waals surface area contributed by atoms with Crippen molar-refractivity contribution in [3.8, 4) is 0 Å². The summed E-state index contributed by atoms with van der Waals surface area (Å²) >= 11 is 1.78. The van der Waals surface area contributed by atoms with Crippen molar-refractivity contribution in [2.24, 2.45) is 5.92 Å². The topological polar surface area (TPSA) is 20.2 Å². The van der Waals surface area contributed by atoms with Gasteiger partial charge in [-0.2, -0.15) is 0 Å². The molecule has 2 rings (SSSR count). The second-order valence-corrected chi connectivity index (χ2v) is 5.82. The fourth-order valence-corrected chi connectivity index (χ4v) is 3.06. The third-order valence-electron chi connectivity index (χ3n) is 3.35. The Kier molecular flexibility index (Phi) is 4.30. The van der Waals surface area contributed by atoms with Crippen LogP contribution >= 0.6 is 11.8 Å². The zero-order valence-corrected chi connectivity index (χ0v) is 10.7. The molecule has 0 aliphatic heterocycles. The number of aliphatic hydroxyl groups is 1. The van der Waals surface area contributed by atoms with Gasteiger partial charge in [0.15, 0.2) is 0 Å². The average Bonchev–Trinajstić information content (AvgIpc) is 2.22. The molecule has 0 spiro atoms. The van der Waals surface area contributed by atoms with Gasteiger partial charge in [-0.05, 0) is 30.9 Å². The van der Waals surface area contributed by atoms with E-state index >= 15 is 0 Å². The van der Waals surface area contributed by atoms with Crippen LogP contribution in [0.2, 0.25) is 0 Å². The molecular weight excluding hydrogens is 216 g/mol. The lowest BCUT2D eigenvalue weighted by Gasteiger charge is -2.27. The van der Waals surface area contributed by atoms with Crippen LogP contribution in [0.15, 0.2) is 29.2 Å². The Balaban J connectivity index is 1.75. The zero-order chi connectivity index (χ0) is 11.4. The molecule has 88 valence electrons. The van der Waals surface area contributed by atoms with Crippen molar-refractivity contribution in [3.63, 3.8) is 0 Å². The summed E-state index contributed by atoms with van der Waals surface area (Å²) in [5.74, 6) is 1.63. The van der Waals surface area contributed by atoms with Gasteiger partial charge in [-0.15, -0.1) is 11.8 Å². The van der Waals surface area contributed by atoms with Crippen LogP contribution in [0, 0.1) is 12.8 Å². The summed E-state index contributed by atoms with van der Waals surface area (Å²) in [6.07, 6.45) is 4.88. The number of rotatable bonds is 5. The molecule has 0 aromatic heterocycles. The summed E-state index contributed by atoms with van der Waals surface area (Å²) in [4.78, 5) is 1.30. The molecule has 0 saturated heterocycles. The lowest BCUT2D eigenvalue weighted by Crippen LogP contribution is -2.20. The van der Waals surface area contributed by atoms with Crippen LogP contribution in [0.4, 0.5) is 0 Å². The van der Waals surface area contributed by atoms with Gasteiger partial charge in [-0.25, -0.2) is 0 Å². The van der Waals surface area contributed by atoms with Crippen LogP contribution in [-0.2, 0) is 0 Å². The van der Waals surface area contributed by atoms with Crippen molar-refractivity contribution in [2.75, 3.05) is 5.75 Å². The number of aliphatic hydroxyl groups excluding tert-OH is 1. The summed E-state index contributed by atoms with van der Waals surface area (Å²) in [5, 5.41) is 9.92. The zero-order valence-electron chi connectivity index (χ0n) is 9.86. The Morgan fingerprint density at radius 1 is 1.38 bits per heavy atom. The van der Waals surface area contributed by atoms with E-state index in [1.54, 1.807) is 11.8 Å².